The summed E-state index contributed by atoms with van der Waals surface area (Å²) in [6.07, 6.45) is -5.16. The van der Waals surface area contributed by atoms with Crippen LogP contribution in [0.1, 0.15) is 37.3 Å². The fraction of sp³-hybridized carbons (Fsp3) is 0.229. The molecule has 0 bridgehead atoms. The minimum Gasteiger partial charge on any atom is -0.386 e. The molecular weight excluding hydrogens is 629 g/mol. The lowest BCUT2D eigenvalue weighted by molar-refractivity contribution is -0.202. The second-order valence-electron chi connectivity index (χ2n) is 10.7. The first kappa shape index (κ1) is 35.1. The number of esters is 2. The maximum absolute atomic E-state index is 12.7. The van der Waals surface area contributed by atoms with Crippen molar-refractivity contribution in [2.24, 2.45) is 0 Å². The second kappa shape index (κ2) is 16.7. The van der Waals surface area contributed by atoms with Crippen molar-refractivity contribution in [3.8, 4) is 11.1 Å². The Morgan fingerprint density at radius 3 is 2.08 bits per heavy atom. The fourth-order valence-corrected chi connectivity index (χ4v) is 4.73. The molecule has 0 aliphatic carbocycles. The van der Waals surface area contributed by atoms with Crippen molar-refractivity contribution in [2.45, 2.75) is 37.9 Å². The number of carbonyl (C=O) groups excluding carboxylic acids is 5. The predicted molar refractivity (Wildman–Crippen MR) is 172 cm³/mol. The summed E-state index contributed by atoms with van der Waals surface area (Å²) < 4.78 is 41.7. The lowest BCUT2D eigenvalue weighted by atomic mass is 9.99. The van der Waals surface area contributed by atoms with E-state index in [4.69, 9.17) is 0 Å². The van der Waals surface area contributed by atoms with Crippen molar-refractivity contribution >= 4 is 46.2 Å². The third kappa shape index (κ3) is 11.0. The molecule has 0 fully saturated rings. The Kier molecular flexibility index (Phi) is 12.2. The number of halogens is 3. The van der Waals surface area contributed by atoms with Crippen molar-refractivity contribution in [3.05, 3.63) is 103 Å². The van der Waals surface area contributed by atoms with Crippen LogP contribution < -0.4 is 21.3 Å². The molecule has 0 radical (unpaired) electrons. The molecule has 4 N–H and O–H groups in total. The van der Waals surface area contributed by atoms with Crippen LogP contribution in [0.4, 0.5) is 23.7 Å². The maximum atomic E-state index is 12.7. The van der Waals surface area contributed by atoms with Gasteiger partial charge < -0.3 is 26.0 Å². The van der Waals surface area contributed by atoms with Gasteiger partial charge in [0.1, 0.15) is 0 Å². The average Bonchev–Trinajstić information content (AvgIpc) is 3.07. The molecule has 1 unspecified atom stereocenters. The molecule has 4 aromatic carbocycles. The fourth-order valence-electron chi connectivity index (χ4n) is 4.73. The Hall–Kier alpha value is -5.72. The Morgan fingerprint density at radius 2 is 1.38 bits per heavy atom. The van der Waals surface area contributed by atoms with Gasteiger partial charge in [-0.15, -0.1) is 0 Å². The molecule has 0 saturated carbocycles. The van der Waals surface area contributed by atoms with Gasteiger partial charge in [0.25, 0.3) is 0 Å². The van der Waals surface area contributed by atoms with Crippen LogP contribution in [0.2, 0.25) is 0 Å². The molecular formula is C35H33F3N4O6. The predicted octanol–water partition coefficient (Wildman–Crippen LogP) is 5.79. The summed E-state index contributed by atoms with van der Waals surface area (Å²) in [5.74, 6) is -5.31. The molecule has 250 valence electrons. The number of urea groups is 1. The van der Waals surface area contributed by atoms with E-state index >= 15 is 0 Å². The quantitative estimate of drug-likeness (QED) is 0.0811. The smallest absolute Gasteiger partial charge is 0.386 e. The molecule has 4 aromatic rings. The average molecular weight is 663 g/mol. The van der Waals surface area contributed by atoms with E-state index in [2.05, 4.69) is 26.0 Å². The third-order valence-electron chi connectivity index (χ3n) is 7.13. The summed E-state index contributed by atoms with van der Waals surface area (Å²) in [6, 6.07) is 27.6. The Balaban J connectivity index is 1.22. The largest absolute Gasteiger partial charge is 0.491 e. The van der Waals surface area contributed by atoms with Gasteiger partial charge in [0.2, 0.25) is 11.8 Å². The highest BCUT2D eigenvalue weighted by atomic mass is 19.4. The van der Waals surface area contributed by atoms with Gasteiger partial charge in [0, 0.05) is 18.7 Å². The maximum Gasteiger partial charge on any atom is 0.491 e. The second-order valence-corrected chi connectivity index (χ2v) is 10.7. The van der Waals surface area contributed by atoms with Crippen LogP contribution >= 0.6 is 0 Å². The van der Waals surface area contributed by atoms with E-state index in [1.54, 1.807) is 30.3 Å². The highest BCUT2D eigenvalue weighted by Crippen LogP contribution is 2.25. The van der Waals surface area contributed by atoms with Crippen LogP contribution in [0.5, 0.6) is 0 Å². The van der Waals surface area contributed by atoms with Gasteiger partial charge in [-0.1, -0.05) is 84.9 Å². The van der Waals surface area contributed by atoms with Crippen molar-refractivity contribution < 1.29 is 41.9 Å². The molecule has 10 nitrogen and oxygen atoms in total. The first-order chi connectivity index (χ1) is 23.0. The number of carbonyl (C=O) groups is 5. The molecule has 0 aliphatic rings. The number of nitrogens with one attached hydrogen (secondary N) is 4. The number of hydrogen-bond donors (Lipinski definition) is 4. The van der Waals surface area contributed by atoms with Gasteiger partial charge in [-0.25, -0.2) is 9.59 Å². The van der Waals surface area contributed by atoms with Gasteiger partial charge in [-0.3, -0.25) is 14.4 Å². The van der Waals surface area contributed by atoms with Crippen LogP contribution in [0.3, 0.4) is 0 Å². The summed E-state index contributed by atoms with van der Waals surface area (Å²) in [5, 5.41) is 12.5. The Bertz CT molecular complexity index is 1750. The summed E-state index contributed by atoms with van der Waals surface area (Å²) in [4.78, 5) is 60.5. The standard InChI is InChI=1S/C35H33F3N4O6/c36-35(37,38)33(46)48-32(45)21-29(26-15-13-25(14-16-26)23-8-2-1-3-9-23)42-31(44)22-40-30(43)12-6-7-19-39-34(47)41-28-18-17-24-10-4-5-11-27(24)20-28/h1-5,8-11,13-18,20,29H,6-7,12,19,21-22H2,(H,40,43)(H,42,44)(H2,39,41,47). The van der Waals surface area contributed by atoms with E-state index < -0.39 is 48.9 Å². The van der Waals surface area contributed by atoms with Crippen molar-refractivity contribution in [1.29, 1.82) is 0 Å². The number of rotatable bonds is 13. The zero-order chi connectivity index (χ0) is 34.5. The van der Waals surface area contributed by atoms with Crippen molar-refractivity contribution in [1.82, 2.24) is 16.0 Å². The monoisotopic (exact) mass is 662 g/mol. The number of hydrogen-bond acceptors (Lipinski definition) is 6. The first-order valence-electron chi connectivity index (χ1n) is 15.0. The minimum atomic E-state index is -5.36. The number of unbranched alkanes of at least 4 members (excludes halogenated alkanes) is 1. The molecule has 0 spiro atoms. The topological polar surface area (TPSA) is 143 Å². The number of amides is 4. The molecule has 0 aliphatic heterocycles. The molecule has 0 saturated heterocycles. The molecule has 4 rings (SSSR count). The van der Waals surface area contributed by atoms with Crippen LogP contribution in [-0.4, -0.2) is 49.0 Å². The summed E-state index contributed by atoms with van der Waals surface area (Å²) in [5.41, 5.74) is 2.71. The molecule has 13 heteroatoms. The number of anilines is 1. The number of ether oxygens (including phenoxy) is 1. The van der Waals surface area contributed by atoms with E-state index in [1.165, 1.54) is 0 Å². The number of benzene rings is 4. The van der Waals surface area contributed by atoms with E-state index in [-0.39, 0.29) is 12.5 Å². The first-order valence-corrected chi connectivity index (χ1v) is 15.0. The Morgan fingerprint density at radius 1 is 0.708 bits per heavy atom. The van der Waals surface area contributed by atoms with Gasteiger partial charge in [0.15, 0.2) is 0 Å². The summed E-state index contributed by atoms with van der Waals surface area (Å²) >= 11 is 0. The van der Waals surface area contributed by atoms with Crippen LogP contribution in [0, 0.1) is 0 Å². The zero-order valence-electron chi connectivity index (χ0n) is 25.6. The molecule has 1 atom stereocenters. The van der Waals surface area contributed by atoms with Gasteiger partial charge in [-0.2, -0.15) is 13.2 Å². The Labute approximate surface area is 274 Å². The van der Waals surface area contributed by atoms with Crippen LogP contribution in [-0.2, 0) is 23.9 Å². The minimum absolute atomic E-state index is 0.0670. The lowest BCUT2D eigenvalue weighted by Gasteiger charge is -2.19. The van der Waals surface area contributed by atoms with Gasteiger partial charge in [0.05, 0.1) is 19.0 Å². The normalized spacial score (nSPS) is 11.6. The zero-order valence-corrected chi connectivity index (χ0v) is 25.6. The highest BCUT2D eigenvalue weighted by Gasteiger charge is 2.42. The van der Waals surface area contributed by atoms with Crippen molar-refractivity contribution in [3.63, 3.8) is 0 Å². The molecule has 4 amide bonds. The SMILES string of the molecule is O=C(CCCCNC(=O)Nc1ccc2ccccc2c1)NCC(=O)NC(CC(=O)OC(=O)C(F)(F)F)c1ccc(-c2ccccc2)cc1. The van der Waals surface area contributed by atoms with Crippen molar-refractivity contribution in [2.75, 3.05) is 18.4 Å². The third-order valence-corrected chi connectivity index (χ3v) is 7.13. The molecule has 0 heterocycles. The van der Waals surface area contributed by atoms with E-state index in [0.29, 0.717) is 30.6 Å². The van der Waals surface area contributed by atoms with Gasteiger partial charge >= 0.3 is 24.1 Å². The van der Waals surface area contributed by atoms with Gasteiger partial charge in [-0.05, 0) is 52.4 Å². The molecule has 48 heavy (non-hydrogen) atoms. The van der Waals surface area contributed by atoms with E-state index in [1.807, 2.05) is 66.7 Å². The summed E-state index contributed by atoms with van der Waals surface area (Å²) in [6.45, 7) is -0.161. The lowest BCUT2D eigenvalue weighted by Crippen LogP contribution is -2.39. The van der Waals surface area contributed by atoms with E-state index in [0.717, 1.165) is 21.9 Å². The van der Waals surface area contributed by atoms with Crippen LogP contribution in [0.25, 0.3) is 21.9 Å². The molecule has 0 aromatic heterocycles. The number of alkyl halides is 3. The summed E-state index contributed by atoms with van der Waals surface area (Å²) in [7, 11) is 0. The number of fused-ring (bicyclic) bond motifs is 1. The highest BCUT2D eigenvalue weighted by molar-refractivity contribution is 5.93. The van der Waals surface area contributed by atoms with Crippen LogP contribution in [0.15, 0.2) is 97.1 Å². The van der Waals surface area contributed by atoms with E-state index in [9.17, 15) is 37.1 Å².